The zero-order valence-electron chi connectivity index (χ0n) is 11.4. The molecule has 1 aromatic rings. The highest BCUT2D eigenvalue weighted by molar-refractivity contribution is 6.00. The second kappa shape index (κ2) is 7.35. The molecule has 0 spiro atoms. The quantitative estimate of drug-likeness (QED) is 0.606. The Morgan fingerprint density at radius 2 is 2.21 bits per heavy atom. The van der Waals surface area contributed by atoms with Crippen molar-refractivity contribution in [3.05, 3.63) is 24.2 Å². The van der Waals surface area contributed by atoms with E-state index in [0.717, 1.165) is 6.42 Å². The van der Waals surface area contributed by atoms with E-state index in [4.69, 9.17) is 4.42 Å². The van der Waals surface area contributed by atoms with Crippen LogP contribution in [-0.4, -0.2) is 23.6 Å². The number of amides is 2. The number of nitrogens with one attached hydrogen (secondary N) is 2. The lowest BCUT2D eigenvalue weighted by molar-refractivity contribution is -0.120. The van der Waals surface area contributed by atoms with Crippen LogP contribution >= 0.6 is 0 Å². The van der Waals surface area contributed by atoms with Crippen molar-refractivity contribution in [3.8, 4) is 0 Å². The van der Waals surface area contributed by atoms with Crippen molar-refractivity contribution in [1.29, 1.82) is 0 Å². The second-order valence-corrected chi connectivity index (χ2v) is 4.32. The van der Waals surface area contributed by atoms with Crippen molar-refractivity contribution in [1.82, 2.24) is 10.7 Å². The maximum atomic E-state index is 11.6. The van der Waals surface area contributed by atoms with E-state index in [0.29, 0.717) is 5.71 Å². The van der Waals surface area contributed by atoms with Crippen molar-refractivity contribution in [2.75, 3.05) is 0 Å². The van der Waals surface area contributed by atoms with Crippen molar-refractivity contribution in [2.24, 2.45) is 5.10 Å². The topological polar surface area (TPSA) is 83.7 Å². The highest BCUT2D eigenvalue weighted by atomic mass is 16.3. The molecule has 0 aliphatic carbocycles. The fourth-order valence-electron chi connectivity index (χ4n) is 1.31. The van der Waals surface area contributed by atoms with Crippen LogP contribution in [0.15, 0.2) is 27.9 Å². The number of rotatable bonds is 6. The Labute approximate surface area is 112 Å². The molecule has 0 radical (unpaired) electrons. The SMILES string of the molecule is CCC(C)NC(=O)CC(C)=NNC(=O)c1ccco1. The molecule has 2 amide bonds. The van der Waals surface area contributed by atoms with E-state index in [-0.39, 0.29) is 24.1 Å². The first-order valence-electron chi connectivity index (χ1n) is 6.19. The van der Waals surface area contributed by atoms with Gasteiger partial charge < -0.3 is 9.73 Å². The molecule has 6 nitrogen and oxygen atoms in total. The van der Waals surface area contributed by atoms with Gasteiger partial charge in [0.25, 0.3) is 0 Å². The first-order chi connectivity index (χ1) is 9.02. The third kappa shape index (κ3) is 5.37. The molecule has 0 bridgehead atoms. The normalized spacial score (nSPS) is 12.9. The average Bonchev–Trinajstić information content (AvgIpc) is 2.89. The highest BCUT2D eigenvalue weighted by Gasteiger charge is 2.09. The van der Waals surface area contributed by atoms with Crippen molar-refractivity contribution >= 4 is 17.5 Å². The van der Waals surface area contributed by atoms with Crippen molar-refractivity contribution in [3.63, 3.8) is 0 Å². The van der Waals surface area contributed by atoms with Gasteiger partial charge in [-0.15, -0.1) is 0 Å². The number of carbonyl (C=O) groups excluding carboxylic acids is 2. The summed E-state index contributed by atoms with van der Waals surface area (Å²) in [7, 11) is 0. The molecule has 0 aromatic carbocycles. The molecule has 0 aliphatic rings. The van der Waals surface area contributed by atoms with Gasteiger partial charge in [-0.2, -0.15) is 5.10 Å². The van der Waals surface area contributed by atoms with Gasteiger partial charge in [0.1, 0.15) is 0 Å². The summed E-state index contributed by atoms with van der Waals surface area (Å²) in [6.45, 7) is 5.61. The Kier molecular flexibility index (Phi) is 5.78. The summed E-state index contributed by atoms with van der Waals surface area (Å²) < 4.78 is 4.92. The van der Waals surface area contributed by atoms with Gasteiger partial charge in [0, 0.05) is 11.8 Å². The molecule has 6 heteroatoms. The van der Waals surface area contributed by atoms with Gasteiger partial charge in [-0.05, 0) is 32.4 Å². The van der Waals surface area contributed by atoms with Crippen LogP contribution in [0.25, 0.3) is 0 Å². The molecule has 1 heterocycles. The molecule has 2 N–H and O–H groups in total. The first kappa shape index (κ1) is 14.9. The van der Waals surface area contributed by atoms with E-state index in [2.05, 4.69) is 15.8 Å². The van der Waals surface area contributed by atoms with E-state index in [1.165, 1.54) is 12.3 Å². The van der Waals surface area contributed by atoms with Crippen LogP contribution in [0.5, 0.6) is 0 Å². The van der Waals surface area contributed by atoms with Crippen LogP contribution in [0.2, 0.25) is 0 Å². The molecule has 0 aliphatic heterocycles. The summed E-state index contributed by atoms with van der Waals surface area (Å²) in [5.41, 5.74) is 2.86. The first-order valence-corrected chi connectivity index (χ1v) is 6.19. The minimum Gasteiger partial charge on any atom is -0.459 e. The summed E-state index contributed by atoms with van der Waals surface area (Å²) in [6.07, 6.45) is 2.44. The van der Waals surface area contributed by atoms with Crippen LogP contribution in [0.1, 0.15) is 44.2 Å². The second-order valence-electron chi connectivity index (χ2n) is 4.32. The number of hydrogen-bond donors (Lipinski definition) is 2. The lowest BCUT2D eigenvalue weighted by atomic mass is 10.2. The molecule has 0 fully saturated rings. The third-order valence-corrected chi connectivity index (χ3v) is 2.53. The van der Waals surface area contributed by atoms with E-state index in [1.54, 1.807) is 13.0 Å². The smallest absolute Gasteiger partial charge is 0.307 e. The van der Waals surface area contributed by atoms with Gasteiger partial charge in [0.2, 0.25) is 5.91 Å². The molecular formula is C13H19N3O3. The molecule has 0 saturated carbocycles. The molecule has 1 unspecified atom stereocenters. The monoisotopic (exact) mass is 265 g/mol. The van der Waals surface area contributed by atoms with Crippen LogP contribution in [0, 0.1) is 0 Å². The van der Waals surface area contributed by atoms with Crippen LogP contribution in [-0.2, 0) is 4.79 Å². The third-order valence-electron chi connectivity index (χ3n) is 2.53. The van der Waals surface area contributed by atoms with Crippen LogP contribution < -0.4 is 10.7 Å². The molecule has 0 saturated heterocycles. The lowest BCUT2D eigenvalue weighted by Gasteiger charge is -2.10. The Morgan fingerprint density at radius 3 is 2.79 bits per heavy atom. The van der Waals surface area contributed by atoms with E-state index >= 15 is 0 Å². The van der Waals surface area contributed by atoms with E-state index in [9.17, 15) is 9.59 Å². The number of furan rings is 1. The summed E-state index contributed by atoms with van der Waals surface area (Å²) in [5, 5.41) is 6.67. The predicted molar refractivity (Wildman–Crippen MR) is 71.8 cm³/mol. The zero-order chi connectivity index (χ0) is 14.3. The fourth-order valence-corrected chi connectivity index (χ4v) is 1.31. The Bertz CT molecular complexity index is 452. The molecule has 1 aromatic heterocycles. The lowest BCUT2D eigenvalue weighted by Crippen LogP contribution is -2.33. The van der Waals surface area contributed by atoms with Crippen molar-refractivity contribution < 1.29 is 14.0 Å². The van der Waals surface area contributed by atoms with Gasteiger partial charge >= 0.3 is 5.91 Å². The standard InChI is InChI=1S/C13H19N3O3/c1-4-9(2)14-12(17)8-10(3)15-16-13(18)11-6-5-7-19-11/h5-7,9H,4,8H2,1-3H3,(H,14,17)(H,16,18). The summed E-state index contributed by atoms with van der Waals surface area (Å²) in [6, 6.07) is 3.29. The maximum Gasteiger partial charge on any atom is 0.307 e. The van der Waals surface area contributed by atoms with E-state index < -0.39 is 5.91 Å². The van der Waals surface area contributed by atoms with Gasteiger partial charge in [-0.1, -0.05) is 6.92 Å². The summed E-state index contributed by atoms with van der Waals surface area (Å²) in [4.78, 5) is 23.1. The maximum absolute atomic E-state index is 11.6. The summed E-state index contributed by atoms with van der Waals surface area (Å²) in [5.74, 6) is -0.366. The van der Waals surface area contributed by atoms with Crippen LogP contribution in [0.4, 0.5) is 0 Å². The number of carbonyl (C=O) groups is 2. The Balaban J connectivity index is 2.40. The zero-order valence-corrected chi connectivity index (χ0v) is 11.4. The fraction of sp³-hybridized carbons (Fsp3) is 0.462. The van der Waals surface area contributed by atoms with Gasteiger partial charge in [-0.3, -0.25) is 9.59 Å². The highest BCUT2D eigenvalue weighted by Crippen LogP contribution is 1.99. The minimum atomic E-state index is -0.438. The van der Waals surface area contributed by atoms with Gasteiger partial charge in [0.05, 0.1) is 12.7 Å². The van der Waals surface area contributed by atoms with Gasteiger partial charge in [0.15, 0.2) is 5.76 Å². The van der Waals surface area contributed by atoms with E-state index in [1.807, 2.05) is 13.8 Å². The minimum absolute atomic E-state index is 0.108. The molecule has 1 atom stereocenters. The van der Waals surface area contributed by atoms with Crippen LogP contribution in [0.3, 0.4) is 0 Å². The molecule has 19 heavy (non-hydrogen) atoms. The average molecular weight is 265 g/mol. The largest absolute Gasteiger partial charge is 0.459 e. The Morgan fingerprint density at radius 1 is 1.47 bits per heavy atom. The summed E-state index contributed by atoms with van der Waals surface area (Å²) >= 11 is 0. The molecule has 104 valence electrons. The van der Waals surface area contributed by atoms with Gasteiger partial charge in [-0.25, -0.2) is 5.43 Å². The number of hydrazone groups is 1. The molecular weight excluding hydrogens is 246 g/mol. The predicted octanol–water partition coefficient (Wildman–Crippen LogP) is 1.69. The van der Waals surface area contributed by atoms with Crippen molar-refractivity contribution in [2.45, 2.75) is 39.7 Å². The molecule has 1 rings (SSSR count). The number of nitrogens with zero attached hydrogens (tertiary/aromatic N) is 1. The number of hydrogen-bond acceptors (Lipinski definition) is 4. The Hall–Kier alpha value is -2.11.